The number of ether oxygens (including phenoxy) is 1. The molecule has 0 bridgehead atoms. The first-order valence-electron chi connectivity index (χ1n) is 9.53. The maximum atomic E-state index is 12.3. The predicted octanol–water partition coefficient (Wildman–Crippen LogP) is 2.99. The molecule has 2 fully saturated rings. The lowest BCUT2D eigenvalue weighted by Crippen LogP contribution is -2.49. The van der Waals surface area contributed by atoms with Gasteiger partial charge in [0.05, 0.1) is 6.61 Å². The number of amides is 1. The highest BCUT2D eigenvalue weighted by atomic mass is 16.6. The van der Waals surface area contributed by atoms with E-state index in [0.29, 0.717) is 12.5 Å². The van der Waals surface area contributed by atoms with Gasteiger partial charge in [0.25, 0.3) is 0 Å². The number of carbonyl (C=O) groups excluding carboxylic acids is 1. The average Bonchev–Trinajstić information content (AvgIpc) is 2.64. The van der Waals surface area contributed by atoms with Crippen LogP contribution in [-0.2, 0) is 4.74 Å². The SMILES string of the molecule is Cc1ccc(N2CCN(C(=O)OCCC3CCN(C)CC3)CC2)cc1. The number of aryl methyl sites for hydroxylation is 1. The first kappa shape index (κ1) is 18.1. The monoisotopic (exact) mass is 345 g/mol. The number of benzene rings is 1. The molecule has 1 aromatic rings. The first-order chi connectivity index (χ1) is 12.1. The third kappa shape index (κ3) is 5.11. The van der Waals surface area contributed by atoms with Crippen LogP contribution in [0.4, 0.5) is 10.5 Å². The molecular formula is C20H31N3O2. The van der Waals surface area contributed by atoms with Gasteiger partial charge < -0.3 is 19.4 Å². The maximum absolute atomic E-state index is 12.3. The topological polar surface area (TPSA) is 36.0 Å². The second-order valence-electron chi connectivity index (χ2n) is 7.46. The van der Waals surface area contributed by atoms with E-state index in [1.54, 1.807) is 0 Å². The molecule has 0 radical (unpaired) electrons. The van der Waals surface area contributed by atoms with Crippen LogP contribution in [0.2, 0.25) is 0 Å². The minimum Gasteiger partial charge on any atom is -0.449 e. The highest BCUT2D eigenvalue weighted by Gasteiger charge is 2.23. The first-order valence-corrected chi connectivity index (χ1v) is 9.53. The summed E-state index contributed by atoms with van der Waals surface area (Å²) in [5.41, 5.74) is 2.51. The van der Waals surface area contributed by atoms with Crippen molar-refractivity contribution < 1.29 is 9.53 Å². The van der Waals surface area contributed by atoms with Crippen LogP contribution in [0.25, 0.3) is 0 Å². The molecule has 1 aromatic carbocycles. The standard InChI is InChI=1S/C20H31N3O2/c1-17-3-5-19(6-4-17)22-12-14-23(15-13-22)20(24)25-16-9-18-7-10-21(2)11-8-18/h3-6,18H,7-16H2,1-2H3. The minimum absolute atomic E-state index is 0.142. The molecule has 0 spiro atoms. The van der Waals surface area contributed by atoms with Gasteiger partial charge >= 0.3 is 6.09 Å². The molecule has 0 atom stereocenters. The highest BCUT2D eigenvalue weighted by Crippen LogP contribution is 2.20. The van der Waals surface area contributed by atoms with Gasteiger partial charge in [-0.15, -0.1) is 0 Å². The van der Waals surface area contributed by atoms with Crippen molar-refractivity contribution in [1.82, 2.24) is 9.80 Å². The number of rotatable bonds is 4. The summed E-state index contributed by atoms with van der Waals surface area (Å²) in [6.07, 6.45) is 3.31. The van der Waals surface area contributed by atoms with Crippen molar-refractivity contribution in [3.05, 3.63) is 29.8 Å². The van der Waals surface area contributed by atoms with Gasteiger partial charge in [-0.1, -0.05) is 17.7 Å². The molecule has 5 nitrogen and oxygen atoms in total. The third-order valence-electron chi connectivity index (χ3n) is 5.53. The van der Waals surface area contributed by atoms with Crippen molar-refractivity contribution in [2.75, 3.05) is 57.8 Å². The summed E-state index contributed by atoms with van der Waals surface area (Å²) in [7, 11) is 2.17. The molecule has 138 valence electrons. The second-order valence-corrected chi connectivity index (χ2v) is 7.46. The van der Waals surface area contributed by atoms with E-state index in [4.69, 9.17) is 4.74 Å². The molecule has 2 heterocycles. The number of nitrogens with zero attached hydrogens (tertiary/aromatic N) is 3. The van der Waals surface area contributed by atoms with Crippen LogP contribution < -0.4 is 4.90 Å². The van der Waals surface area contributed by atoms with Crippen molar-refractivity contribution in [3.63, 3.8) is 0 Å². The average molecular weight is 345 g/mol. The van der Waals surface area contributed by atoms with E-state index in [-0.39, 0.29) is 6.09 Å². The van der Waals surface area contributed by atoms with E-state index < -0.39 is 0 Å². The quantitative estimate of drug-likeness (QED) is 0.840. The van der Waals surface area contributed by atoms with Crippen LogP contribution in [0.15, 0.2) is 24.3 Å². The summed E-state index contributed by atoms with van der Waals surface area (Å²) in [6, 6.07) is 8.59. The molecule has 0 aliphatic carbocycles. The molecule has 2 aliphatic rings. The molecule has 1 amide bonds. The summed E-state index contributed by atoms with van der Waals surface area (Å²) in [5, 5.41) is 0. The Balaban J connectivity index is 1.36. The Bertz CT molecular complexity index is 545. The van der Waals surface area contributed by atoms with Gasteiger partial charge in [-0.3, -0.25) is 0 Å². The van der Waals surface area contributed by atoms with E-state index in [2.05, 4.69) is 48.0 Å². The fraction of sp³-hybridized carbons (Fsp3) is 0.650. The van der Waals surface area contributed by atoms with Crippen LogP contribution in [0.5, 0.6) is 0 Å². The summed E-state index contributed by atoms with van der Waals surface area (Å²) in [5.74, 6) is 0.711. The van der Waals surface area contributed by atoms with Gasteiger partial charge in [-0.05, 0) is 64.4 Å². The van der Waals surface area contributed by atoms with Crippen molar-refractivity contribution >= 4 is 11.8 Å². The van der Waals surface area contributed by atoms with E-state index >= 15 is 0 Å². The highest BCUT2D eigenvalue weighted by molar-refractivity contribution is 5.68. The number of likely N-dealkylation sites (tertiary alicyclic amines) is 1. The van der Waals surface area contributed by atoms with Crippen molar-refractivity contribution in [3.8, 4) is 0 Å². The molecule has 25 heavy (non-hydrogen) atoms. The van der Waals surface area contributed by atoms with Gasteiger partial charge in [0, 0.05) is 31.9 Å². The third-order valence-corrected chi connectivity index (χ3v) is 5.53. The van der Waals surface area contributed by atoms with Gasteiger partial charge in [-0.2, -0.15) is 0 Å². The van der Waals surface area contributed by atoms with E-state index in [1.807, 2.05) is 4.90 Å². The summed E-state index contributed by atoms with van der Waals surface area (Å²) in [4.78, 5) is 18.8. The summed E-state index contributed by atoms with van der Waals surface area (Å²) in [6.45, 7) is 8.20. The van der Waals surface area contributed by atoms with Gasteiger partial charge in [0.1, 0.15) is 0 Å². The van der Waals surface area contributed by atoms with Crippen LogP contribution in [-0.4, -0.2) is 68.8 Å². The number of piperazine rings is 1. The molecule has 0 unspecified atom stereocenters. The molecular weight excluding hydrogens is 314 g/mol. The fourth-order valence-corrected chi connectivity index (χ4v) is 3.66. The minimum atomic E-state index is -0.142. The number of piperidine rings is 1. The molecule has 3 rings (SSSR count). The number of carbonyl (C=O) groups is 1. The van der Waals surface area contributed by atoms with Gasteiger partial charge in [0.15, 0.2) is 0 Å². The van der Waals surface area contributed by atoms with Crippen molar-refractivity contribution in [1.29, 1.82) is 0 Å². The van der Waals surface area contributed by atoms with Crippen molar-refractivity contribution in [2.24, 2.45) is 5.92 Å². The van der Waals surface area contributed by atoms with Crippen LogP contribution in [0.1, 0.15) is 24.8 Å². The Morgan fingerprint density at radius 1 is 1.04 bits per heavy atom. The van der Waals surface area contributed by atoms with Gasteiger partial charge in [-0.25, -0.2) is 4.79 Å². The Morgan fingerprint density at radius 2 is 1.68 bits per heavy atom. The lowest BCUT2D eigenvalue weighted by Gasteiger charge is -2.35. The lowest BCUT2D eigenvalue weighted by molar-refractivity contribution is 0.0896. The van der Waals surface area contributed by atoms with E-state index in [1.165, 1.54) is 37.2 Å². The summed E-state index contributed by atoms with van der Waals surface area (Å²) < 4.78 is 5.52. The molecule has 0 aromatic heterocycles. The second kappa shape index (κ2) is 8.56. The molecule has 5 heteroatoms. The fourth-order valence-electron chi connectivity index (χ4n) is 3.66. The maximum Gasteiger partial charge on any atom is 0.409 e. The Kier molecular flexibility index (Phi) is 6.19. The van der Waals surface area contributed by atoms with Crippen LogP contribution in [0, 0.1) is 12.8 Å². The number of anilines is 1. The van der Waals surface area contributed by atoms with Crippen LogP contribution in [0.3, 0.4) is 0 Å². The zero-order valence-electron chi connectivity index (χ0n) is 15.6. The lowest BCUT2D eigenvalue weighted by atomic mass is 9.94. The summed E-state index contributed by atoms with van der Waals surface area (Å²) >= 11 is 0. The molecule has 2 aliphatic heterocycles. The van der Waals surface area contributed by atoms with E-state index in [0.717, 1.165) is 32.6 Å². The largest absolute Gasteiger partial charge is 0.449 e. The van der Waals surface area contributed by atoms with Crippen molar-refractivity contribution in [2.45, 2.75) is 26.2 Å². The van der Waals surface area contributed by atoms with Crippen LogP contribution >= 0.6 is 0 Å². The molecule has 2 saturated heterocycles. The molecule has 0 saturated carbocycles. The smallest absolute Gasteiger partial charge is 0.409 e. The Hall–Kier alpha value is -1.75. The Morgan fingerprint density at radius 3 is 2.32 bits per heavy atom. The number of hydrogen-bond acceptors (Lipinski definition) is 4. The predicted molar refractivity (Wildman–Crippen MR) is 101 cm³/mol. The van der Waals surface area contributed by atoms with Gasteiger partial charge in [0.2, 0.25) is 0 Å². The Labute approximate surface area is 151 Å². The zero-order chi connectivity index (χ0) is 17.6. The normalized spacial score (nSPS) is 19.9. The van der Waals surface area contributed by atoms with E-state index in [9.17, 15) is 4.79 Å². The zero-order valence-corrected chi connectivity index (χ0v) is 15.6. The molecule has 0 N–H and O–H groups in total. The number of hydrogen-bond donors (Lipinski definition) is 0.